The van der Waals surface area contributed by atoms with Crippen LogP contribution in [-0.2, 0) is 27.7 Å². The van der Waals surface area contributed by atoms with E-state index in [-0.39, 0.29) is 47.4 Å². The van der Waals surface area contributed by atoms with Crippen molar-refractivity contribution in [2.24, 2.45) is 11.7 Å². The Morgan fingerprint density at radius 1 is 1.05 bits per heavy atom. The fourth-order valence-electron chi connectivity index (χ4n) is 5.93. The number of sulfonamides is 1. The molecule has 0 amide bonds. The van der Waals surface area contributed by atoms with Crippen LogP contribution >= 0.6 is 11.6 Å². The minimum absolute atomic E-state index is 0.00355. The minimum atomic E-state index is -3.74. The van der Waals surface area contributed by atoms with E-state index in [2.05, 4.69) is 5.32 Å². The Kier molecular flexibility index (Phi) is 10.4. The number of nitrogens with zero attached hydrogens (tertiary/aromatic N) is 1. The first-order valence-electron chi connectivity index (χ1n) is 14.1. The first kappa shape index (κ1) is 31.3. The summed E-state index contributed by atoms with van der Waals surface area (Å²) in [6.07, 6.45) is 0.683. The van der Waals surface area contributed by atoms with Gasteiger partial charge in [0, 0.05) is 42.5 Å². The second-order valence-corrected chi connectivity index (χ2v) is 13.5. The third-order valence-electron chi connectivity index (χ3n) is 7.97. The van der Waals surface area contributed by atoms with Crippen molar-refractivity contribution in [2.45, 2.75) is 69.0 Å². The minimum Gasteiger partial charge on any atom is -0.321 e. The first-order valence-corrected chi connectivity index (χ1v) is 15.9. The van der Waals surface area contributed by atoms with Crippen molar-refractivity contribution in [3.05, 3.63) is 100 Å². The van der Waals surface area contributed by atoms with Gasteiger partial charge in [0.2, 0.25) is 10.0 Å². The molecule has 1 fully saturated rings. The van der Waals surface area contributed by atoms with Gasteiger partial charge in [-0.05, 0) is 72.7 Å². The van der Waals surface area contributed by atoms with Crippen LogP contribution in [0.1, 0.15) is 49.8 Å². The van der Waals surface area contributed by atoms with Crippen molar-refractivity contribution in [1.82, 2.24) is 9.62 Å². The lowest BCUT2D eigenvalue weighted by Gasteiger charge is -2.40. The molecular weight excluding hydrogens is 561 g/mol. The number of nitrogens with one attached hydrogen (secondary N) is 1. The smallest absolute Gasteiger partial charge is 0.243 e. The molecule has 0 radical (unpaired) electrons. The average Bonchev–Trinajstić information content (AvgIpc) is 2.94. The standard InChI is InChI=1S/C32H39ClFN3O3S/c1-21(2)31(23-12-14-25(33)15-13-23)32(35)30(38)18-24-8-7-11-29(34)28(24)17-16-26-20-36-19-22(3)37(26)41(39,40)27-9-5-4-6-10-27/h4-15,21-22,26,31-32,36H,16-20,35H2,1-3H3/t22-,26-,31+,32+/m0/s1. The molecule has 220 valence electrons. The van der Waals surface area contributed by atoms with Crippen LogP contribution in [0.4, 0.5) is 4.39 Å². The van der Waals surface area contributed by atoms with Gasteiger partial charge >= 0.3 is 0 Å². The fraction of sp³-hybridized carbons (Fsp3) is 0.406. The summed E-state index contributed by atoms with van der Waals surface area (Å²) in [6.45, 7) is 6.91. The molecule has 1 saturated heterocycles. The molecular formula is C32H39ClFN3O3S. The highest BCUT2D eigenvalue weighted by Crippen LogP contribution is 2.30. The van der Waals surface area contributed by atoms with Crippen LogP contribution < -0.4 is 11.1 Å². The number of halogens is 2. The topological polar surface area (TPSA) is 92.5 Å². The van der Waals surface area contributed by atoms with Crippen molar-refractivity contribution in [2.75, 3.05) is 13.1 Å². The summed E-state index contributed by atoms with van der Waals surface area (Å²) >= 11 is 6.06. The molecule has 3 N–H and O–H groups in total. The Hall–Kier alpha value is -2.62. The lowest BCUT2D eigenvalue weighted by atomic mass is 9.80. The van der Waals surface area contributed by atoms with Crippen LogP contribution in [0.15, 0.2) is 77.7 Å². The summed E-state index contributed by atoms with van der Waals surface area (Å²) < 4.78 is 43.9. The Balaban J connectivity index is 1.54. The molecule has 0 bridgehead atoms. The largest absolute Gasteiger partial charge is 0.321 e. The molecule has 4 atom stereocenters. The zero-order chi connectivity index (χ0) is 29.7. The summed E-state index contributed by atoms with van der Waals surface area (Å²) in [5, 5.41) is 3.92. The van der Waals surface area contributed by atoms with Gasteiger partial charge in [-0.25, -0.2) is 12.8 Å². The van der Waals surface area contributed by atoms with Gasteiger partial charge in [-0.1, -0.05) is 67.9 Å². The third-order valence-corrected chi connectivity index (χ3v) is 10.3. The summed E-state index contributed by atoms with van der Waals surface area (Å²) in [4.78, 5) is 13.7. The predicted molar refractivity (Wildman–Crippen MR) is 162 cm³/mol. The number of Topliss-reactive ketones (excluding diaryl/α,β-unsaturated/α-hetero) is 1. The Morgan fingerprint density at radius 3 is 2.39 bits per heavy atom. The van der Waals surface area contributed by atoms with Crippen molar-refractivity contribution in [1.29, 1.82) is 0 Å². The van der Waals surface area contributed by atoms with Crippen LogP contribution in [0.3, 0.4) is 0 Å². The maximum absolute atomic E-state index is 15.2. The molecule has 0 aliphatic carbocycles. The molecule has 1 heterocycles. The number of benzene rings is 3. The van der Waals surface area contributed by atoms with Gasteiger partial charge in [-0.15, -0.1) is 0 Å². The molecule has 0 saturated carbocycles. The van der Waals surface area contributed by atoms with E-state index in [0.717, 1.165) is 5.56 Å². The third kappa shape index (κ3) is 7.24. The van der Waals surface area contributed by atoms with E-state index in [0.29, 0.717) is 35.7 Å². The van der Waals surface area contributed by atoms with E-state index in [9.17, 15) is 13.2 Å². The lowest BCUT2D eigenvalue weighted by molar-refractivity contribution is -0.120. The zero-order valence-electron chi connectivity index (χ0n) is 23.8. The van der Waals surface area contributed by atoms with Gasteiger partial charge in [-0.2, -0.15) is 4.31 Å². The SMILES string of the molecule is CC(C)[C@H](c1ccc(Cl)cc1)[C@H](N)C(=O)Cc1cccc(F)c1CC[C@H]1CNC[C@H](C)N1S(=O)(=O)c1ccccc1. The number of nitrogens with two attached hydrogens (primary N) is 1. The summed E-state index contributed by atoms with van der Waals surface area (Å²) in [5.74, 6) is -0.702. The molecule has 3 aromatic carbocycles. The number of carbonyl (C=O) groups excluding carboxylic acids is 1. The van der Waals surface area contributed by atoms with E-state index in [1.165, 1.54) is 6.07 Å². The fourth-order valence-corrected chi connectivity index (χ4v) is 7.92. The molecule has 41 heavy (non-hydrogen) atoms. The molecule has 4 rings (SSSR count). The molecule has 0 spiro atoms. The first-order chi connectivity index (χ1) is 19.5. The van der Waals surface area contributed by atoms with Crippen molar-refractivity contribution < 1.29 is 17.6 Å². The van der Waals surface area contributed by atoms with Gasteiger partial charge in [0.05, 0.1) is 10.9 Å². The van der Waals surface area contributed by atoms with Crippen LogP contribution in [0.5, 0.6) is 0 Å². The summed E-state index contributed by atoms with van der Waals surface area (Å²) in [5.41, 5.74) is 8.48. The molecule has 6 nitrogen and oxygen atoms in total. The van der Waals surface area contributed by atoms with Crippen LogP contribution in [0.25, 0.3) is 0 Å². The van der Waals surface area contributed by atoms with Crippen LogP contribution in [0, 0.1) is 11.7 Å². The molecule has 0 aromatic heterocycles. The molecule has 1 aliphatic rings. The van der Waals surface area contributed by atoms with Gasteiger partial charge in [-0.3, -0.25) is 4.79 Å². The molecule has 9 heteroatoms. The number of ketones is 1. The predicted octanol–water partition coefficient (Wildman–Crippen LogP) is 5.34. The summed E-state index contributed by atoms with van der Waals surface area (Å²) in [6, 6.07) is 19.1. The van der Waals surface area contributed by atoms with Crippen molar-refractivity contribution in [3.8, 4) is 0 Å². The Morgan fingerprint density at radius 2 is 1.73 bits per heavy atom. The Bertz CT molecular complexity index is 1430. The molecule has 0 unspecified atom stereocenters. The van der Waals surface area contributed by atoms with Gasteiger partial charge in [0.1, 0.15) is 5.82 Å². The van der Waals surface area contributed by atoms with Crippen molar-refractivity contribution in [3.63, 3.8) is 0 Å². The second kappa shape index (κ2) is 13.6. The maximum Gasteiger partial charge on any atom is 0.243 e. The van der Waals surface area contributed by atoms with E-state index < -0.39 is 21.9 Å². The van der Waals surface area contributed by atoms with Crippen LogP contribution in [0.2, 0.25) is 5.02 Å². The number of hydrogen-bond donors (Lipinski definition) is 2. The van der Waals surface area contributed by atoms with E-state index in [1.54, 1.807) is 58.9 Å². The highest BCUT2D eigenvalue weighted by atomic mass is 35.5. The number of carbonyl (C=O) groups is 1. The number of rotatable bonds is 11. The molecule has 1 aliphatic heterocycles. The highest BCUT2D eigenvalue weighted by Gasteiger charge is 2.38. The average molecular weight is 600 g/mol. The Labute approximate surface area is 248 Å². The van der Waals surface area contributed by atoms with Gasteiger partial charge < -0.3 is 11.1 Å². The normalized spacial score (nSPS) is 19.7. The van der Waals surface area contributed by atoms with Crippen molar-refractivity contribution >= 4 is 27.4 Å². The quantitative estimate of drug-likeness (QED) is 0.310. The number of hydrogen-bond acceptors (Lipinski definition) is 5. The lowest BCUT2D eigenvalue weighted by Crippen LogP contribution is -2.58. The maximum atomic E-state index is 15.2. The van der Waals surface area contributed by atoms with E-state index >= 15 is 4.39 Å². The molecule has 3 aromatic rings. The van der Waals surface area contributed by atoms with Crippen LogP contribution in [-0.4, -0.2) is 49.7 Å². The van der Waals surface area contributed by atoms with E-state index in [4.69, 9.17) is 17.3 Å². The van der Waals surface area contributed by atoms with E-state index in [1.807, 2.05) is 32.9 Å². The van der Waals surface area contributed by atoms with Gasteiger partial charge in [0.15, 0.2) is 5.78 Å². The zero-order valence-corrected chi connectivity index (χ0v) is 25.3. The highest BCUT2D eigenvalue weighted by molar-refractivity contribution is 7.89. The number of piperazine rings is 1. The monoisotopic (exact) mass is 599 g/mol. The van der Waals surface area contributed by atoms with Gasteiger partial charge in [0.25, 0.3) is 0 Å². The summed E-state index contributed by atoms with van der Waals surface area (Å²) in [7, 11) is -3.74. The second-order valence-electron chi connectivity index (χ2n) is 11.2.